The topological polar surface area (TPSA) is 44.8 Å². The molecule has 0 saturated carbocycles. The van der Waals surface area contributed by atoms with E-state index in [-0.39, 0.29) is 17.8 Å². The molecule has 7 heteroatoms. The van der Waals surface area contributed by atoms with Gasteiger partial charge in [-0.3, -0.25) is 14.6 Å². The fourth-order valence-corrected chi connectivity index (χ4v) is 3.71. The van der Waals surface area contributed by atoms with Crippen LogP contribution >= 0.6 is 11.6 Å². The van der Waals surface area contributed by atoms with Crippen LogP contribution in [0.3, 0.4) is 0 Å². The number of amides is 1. The van der Waals surface area contributed by atoms with Crippen molar-refractivity contribution in [2.75, 3.05) is 45.9 Å². The average molecular weight is 434 g/mol. The van der Waals surface area contributed by atoms with Gasteiger partial charge in [-0.25, -0.2) is 4.39 Å². The Morgan fingerprint density at radius 3 is 2.53 bits per heavy atom. The number of ether oxygens (including phenoxy) is 1. The number of para-hydroxylation sites is 1. The maximum absolute atomic E-state index is 12.9. The van der Waals surface area contributed by atoms with Crippen molar-refractivity contribution in [3.63, 3.8) is 0 Å². The van der Waals surface area contributed by atoms with Gasteiger partial charge in [0.05, 0.1) is 11.1 Å². The summed E-state index contributed by atoms with van der Waals surface area (Å²) in [6.45, 7) is 7.41. The zero-order valence-electron chi connectivity index (χ0n) is 17.3. The summed E-state index contributed by atoms with van der Waals surface area (Å²) < 4.78 is 18.7. The normalized spacial score (nSPS) is 16.2. The fraction of sp³-hybridized carbons (Fsp3) is 0.435. The van der Waals surface area contributed by atoms with Crippen LogP contribution in [0.1, 0.15) is 12.5 Å². The van der Waals surface area contributed by atoms with Gasteiger partial charge in [0.1, 0.15) is 18.2 Å². The second kappa shape index (κ2) is 11.3. The zero-order chi connectivity index (χ0) is 21.3. The van der Waals surface area contributed by atoms with E-state index in [2.05, 4.69) is 15.1 Å². The third kappa shape index (κ3) is 6.69. The van der Waals surface area contributed by atoms with Gasteiger partial charge >= 0.3 is 0 Å². The van der Waals surface area contributed by atoms with Crippen molar-refractivity contribution in [2.24, 2.45) is 0 Å². The molecule has 30 heavy (non-hydrogen) atoms. The summed E-state index contributed by atoms with van der Waals surface area (Å²) in [5, 5.41) is 3.62. The average Bonchev–Trinajstić information content (AvgIpc) is 2.76. The number of nitrogens with zero attached hydrogens (tertiary/aromatic N) is 2. The second-order valence-electron chi connectivity index (χ2n) is 7.50. The molecule has 1 unspecified atom stereocenters. The maximum Gasteiger partial charge on any atom is 0.237 e. The Labute approximate surface area is 182 Å². The Morgan fingerprint density at radius 2 is 1.83 bits per heavy atom. The van der Waals surface area contributed by atoms with Gasteiger partial charge in [-0.15, -0.1) is 0 Å². The molecule has 162 valence electrons. The number of rotatable bonds is 9. The quantitative estimate of drug-likeness (QED) is 0.659. The summed E-state index contributed by atoms with van der Waals surface area (Å²) >= 11 is 6.11. The third-order valence-corrected chi connectivity index (χ3v) is 5.77. The van der Waals surface area contributed by atoms with E-state index >= 15 is 0 Å². The van der Waals surface area contributed by atoms with E-state index in [0.29, 0.717) is 30.3 Å². The summed E-state index contributed by atoms with van der Waals surface area (Å²) in [4.78, 5) is 17.0. The van der Waals surface area contributed by atoms with E-state index in [9.17, 15) is 9.18 Å². The van der Waals surface area contributed by atoms with Crippen LogP contribution < -0.4 is 10.1 Å². The number of carbonyl (C=O) groups is 1. The molecule has 1 saturated heterocycles. The highest BCUT2D eigenvalue weighted by Crippen LogP contribution is 2.22. The third-order valence-electron chi connectivity index (χ3n) is 5.46. The minimum absolute atomic E-state index is 0.0348. The van der Waals surface area contributed by atoms with Crippen molar-refractivity contribution < 1.29 is 13.9 Å². The molecule has 2 aromatic rings. The monoisotopic (exact) mass is 433 g/mol. The van der Waals surface area contributed by atoms with E-state index < -0.39 is 0 Å². The molecule has 1 aliphatic rings. The lowest BCUT2D eigenvalue weighted by molar-refractivity contribution is -0.126. The van der Waals surface area contributed by atoms with E-state index in [1.165, 1.54) is 12.1 Å². The Morgan fingerprint density at radius 1 is 1.13 bits per heavy atom. The van der Waals surface area contributed by atoms with Gasteiger partial charge < -0.3 is 10.1 Å². The molecule has 0 radical (unpaired) electrons. The molecule has 0 spiro atoms. The number of hydrogen-bond donors (Lipinski definition) is 1. The number of halogens is 2. The predicted molar refractivity (Wildman–Crippen MR) is 118 cm³/mol. The van der Waals surface area contributed by atoms with Crippen molar-refractivity contribution in [2.45, 2.75) is 19.4 Å². The summed E-state index contributed by atoms with van der Waals surface area (Å²) in [5.41, 5.74) is 1.01. The van der Waals surface area contributed by atoms with Crippen LogP contribution in [-0.2, 0) is 11.2 Å². The Hall–Kier alpha value is -2.15. The number of nitrogens with one attached hydrogen (secondary N) is 1. The Bertz CT molecular complexity index is 810. The van der Waals surface area contributed by atoms with Gasteiger partial charge in [-0.05, 0) is 43.2 Å². The molecule has 5 nitrogen and oxygen atoms in total. The highest BCUT2D eigenvalue weighted by Gasteiger charge is 2.25. The SMILES string of the molecule is CC(C(=O)NCCc1ccc(F)cc1)N1CCN(CCOc2ccccc2Cl)CC1. The molecule has 1 N–H and O–H groups in total. The first-order valence-corrected chi connectivity index (χ1v) is 10.8. The second-order valence-corrected chi connectivity index (χ2v) is 7.91. The first-order chi connectivity index (χ1) is 14.5. The number of piperazine rings is 1. The van der Waals surface area contributed by atoms with Gasteiger partial charge in [0.15, 0.2) is 0 Å². The van der Waals surface area contributed by atoms with Gasteiger partial charge in [0.25, 0.3) is 0 Å². The molecular formula is C23H29ClFN3O2. The maximum atomic E-state index is 12.9. The van der Waals surface area contributed by atoms with Crippen molar-refractivity contribution in [1.29, 1.82) is 0 Å². The van der Waals surface area contributed by atoms with Crippen LogP contribution in [0.25, 0.3) is 0 Å². The lowest BCUT2D eigenvalue weighted by Crippen LogP contribution is -2.54. The molecule has 1 fully saturated rings. The highest BCUT2D eigenvalue weighted by molar-refractivity contribution is 6.32. The van der Waals surface area contributed by atoms with E-state index in [1.807, 2.05) is 31.2 Å². The van der Waals surface area contributed by atoms with Gasteiger partial charge in [-0.1, -0.05) is 35.9 Å². The lowest BCUT2D eigenvalue weighted by Gasteiger charge is -2.37. The largest absolute Gasteiger partial charge is 0.491 e. The van der Waals surface area contributed by atoms with E-state index in [1.54, 1.807) is 12.1 Å². The van der Waals surface area contributed by atoms with Crippen LogP contribution in [0.5, 0.6) is 5.75 Å². The van der Waals surface area contributed by atoms with Crippen LogP contribution in [0.15, 0.2) is 48.5 Å². The minimum atomic E-state index is -0.244. The van der Waals surface area contributed by atoms with Crippen LogP contribution in [0, 0.1) is 5.82 Å². The van der Waals surface area contributed by atoms with Gasteiger partial charge in [-0.2, -0.15) is 0 Å². The van der Waals surface area contributed by atoms with Crippen molar-refractivity contribution in [1.82, 2.24) is 15.1 Å². The number of benzene rings is 2. The fourth-order valence-electron chi connectivity index (χ4n) is 3.52. The number of hydrogen-bond acceptors (Lipinski definition) is 4. The molecule has 0 aromatic heterocycles. The summed E-state index contributed by atoms with van der Waals surface area (Å²) in [7, 11) is 0. The molecule has 3 rings (SSSR count). The summed E-state index contributed by atoms with van der Waals surface area (Å²) in [6, 6.07) is 13.7. The van der Waals surface area contributed by atoms with Crippen molar-refractivity contribution >= 4 is 17.5 Å². The molecule has 1 aliphatic heterocycles. The van der Waals surface area contributed by atoms with Crippen molar-refractivity contribution in [3.8, 4) is 5.75 Å². The van der Waals surface area contributed by atoms with E-state index in [0.717, 1.165) is 38.3 Å². The highest BCUT2D eigenvalue weighted by atomic mass is 35.5. The summed E-state index contributed by atoms with van der Waals surface area (Å²) in [5.74, 6) is 0.502. The first kappa shape index (κ1) is 22.5. The van der Waals surface area contributed by atoms with Crippen LogP contribution in [-0.4, -0.2) is 67.6 Å². The predicted octanol–water partition coefficient (Wildman–Crippen LogP) is 3.22. The molecule has 1 heterocycles. The summed E-state index contributed by atoms with van der Waals surface area (Å²) in [6.07, 6.45) is 0.692. The zero-order valence-corrected chi connectivity index (χ0v) is 18.1. The van der Waals surface area contributed by atoms with E-state index in [4.69, 9.17) is 16.3 Å². The molecule has 2 aromatic carbocycles. The molecule has 1 atom stereocenters. The molecule has 1 amide bonds. The van der Waals surface area contributed by atoms with Crippen LogP contribution in [0.2, 0.25) is 5.02 Å². The standard InChI is InChI=1S/C23H29ClFN3O2/c1-18(23(29)26-11-10-19-6-8-20(25)9-7-19)28-14-12-27(13-15-28)16-17-30-22-5-3-2-4-21(22)24/h2-9,18H,10-17H2,1H3,(H,26,29). The molecule has 0 aliphatic carbocycles. The lowest BCUT2D eigenvalue weighted by atomic mass is 10.1. The first-order valence-electron chi connectivity index (χ1n) is 10.4. The van der Waals surface area contributed by atoms with Gasteiger partial charge in [0.2, 0.25) is 5.91 Å². The smallest absolute Gasteiger partial charge is 0.237 e. The molecular weight excluding hydrogens is 405 g/mol. The van der Waals surface area contributed by atoms with Crippen molar-refractivity contribution in [3.05, 3.63) is 64.9 Å². The van der Waals surface area contributed by atoms with Gasteiger partial charge in [0, 0.05) is 39.3 Å². The van der Waals surface area contributed by atoms with Crippen LogP contribution in [0.4, 0.5) is 4.39 Å². The number of carbonyl (C=O) groups excluding carboxylic acids is 1. The Balaban J connectivity index is 1.33. The molecule has 0 bridgehead atoms. The Kier molecular flexibility index (Phi) is 8.49. The minimum Gasteiger partial charge on any atom is -0.491 e.